The molecule has 3 nitrogen and oxygen atoms in total. The highest BCUT2D eigenvalue weighted by Gasteiger charge is 2.44. The van der Waals surface area contributed by atoms with Crippen LogP contribution in [-0.4, -0.2) is 24.8 Å². The molecular weight excluding hydrogens is 324 g/mol. The standard InChI is InChI=1S/C12H22O2.C11H22O.H2/c1-9(2)12(11(13)14-4)7-5-10(3)6-8-12;1-9(2)11(8-12)6-4-10(3)5-7-11;/h9-10H,5-8H2,1-4H3;9-10,12H,4-8H2,1-3H3;1H. The zero-order valence-corrected chi connectivity index (χ0v) is 18.4. The lowest BCUT2D eigenvalue weighted by Crippen LogP contribution is -2.40. The first kappa shape index (κ1) is 23.5. The Bertz CT molecular complexity index is 417. The Morgan fingerprint density at radius 1 is 0.962 bits per heavy atom. The van der Waals surface area contributed by atoms with Crippen molar-refractivity contribution in [3.05, 3.63) is 0 Å². The monoisotopic (exact) mass is 370 g/mol. The highest BCUT2D eigenvalue weighted by molar-refractivity contribution is 5.77. The van der Waals surface area contributed by atoms with Crippen molar-refractivity contribution in [1.82, 2.24) is 0 Å². The van der Waals surface area contributed by atoms with Gasteiger partial charge >= 0.3 is 5.97 Å². The first-order chi connectivity index (χ1) is 12.1. The number of methoxy groups -OCH3 is 1. The molecule has 0 radical (unpaired) electrons. The van der Waals surface area contributed by atoms with Gasteiger partial charge in [0, 0.05) is 8.03 Å². The highest BCUT2D eigenvalue weighted by Crippen LogP contribution is 2.45. The third-order valence-electron chi connectivity index (χ3n) is 7.67. The molecule has 2 saturated carbocycles. The number of hydrogen-bond acceptors (Lipinski definition) is 3. The second kappa shape index (κ2) is 10.1. The normalized spacial score (nSPS) is 35.0. The number of aliphatic hydroxyl groups is 1. The lowest BCUT2D eigenvalue weighted by atomic mass is 9.65. The van der Waals surface area contributed by atoms with E-state index in [9.17, 15) is 9.90 Å². The number of rotatable bonds is 4. The Labute approximate surface area is 163 Å². The molecule has 2 fully saturated rings. The van der Waals surface area contributed by atoms with E-state index >= 15 is 0 Å². The minimum atomic E-state index is -0.193. The maximum atomic E-state index is 11.8. The van der Waals surface area contributed by atoms with Crippen LogP contribution in [0, 0.1) is 34.5 Å². The fourth-order valence-corrected chi connectivity index (χ4v) is 4.75. The van der Waals surface area contributed by atoms with Crippen LogP contribution < -0.4 is 0 Å². The summed E-state index contributed by atoms with van der Waals surface area (Å²) in [5.41, 5.74) is 0.0633. The van der Waals surface area contributed by atoms with E-state index < -0.39 is 0 Å². The van der Waals surface area contributed by atoms with Crippen molar-refractivity contribution < 1.29 is 16.1 Å². The molecule has 2 aliphatic carbocycles. The van der Waals surface area contributed by atoms with E-state index in [1.807, 2.05) is 0 Å². The molecule has 2 rings (SSSR count). The van der Waals surface area contributed by atoms with E-state index in [4.69, 9.17) is 4.74 Å². The number of ether oxygens (including phenoxy) is 1. The predicted molar refractivity (Wildman–Crippen MR) is 111 cm³/mol. The van der Waals surface area contributed by atoms with Gasteiger partial charge in [0.05, 0.1) is 12.5 Å². The van der Waals surface area contributed by atoms with Gasteiger partial charge in [0.25, 0.3) is 0 Å². The van der Waals surface area contributed by atoms with Crippen LogP contribution >= 0.6 is 0 Å². The molecule has 0 spiro atoms. The van der Waals surface area contributed by atoms with Gasteiger partial charge in [-0.3, -0.25) is 4.79 Å². The Morgan fingerprint density at radius 3 is 1.69 bits per heavy atom. The van der Waals surface area contributed by atoms with Crippen LogP contribution in [0.1, 0.15) is 94.3 Å². The van der Waals surface area contributed by atoms with Gasteiger partial charge < -0.3 is 9.84 Å². The lowest BCUT2D eigenvalue weighted by Gasteiger charge is -2.41. The smallest absolute Gasteiger partial charge is 0.312 e. The van der Waals surface area contributed by atoms with Crippen molar-refractivity contribution in [2.75, 3.05) is 13.7 Å². The molecule has 0 amide bonds. The molecule has 0 aromatic rings. The number of aliphatic hydroxyl groups excluding tert-OH is 1. The zero-order chi connectivity index (χ0) is 20.0. The SMILES string of the molecule is CC1CCC(CO)(C(C)C)CC1.COC(=O)C1(C(C)C)CCC(C)CC1.[HH]. The molecule has 0 unspecified atom stereocenters. The van der Waals surface area contributed by atoms with Crippen LogP contribution in [0.2, 0.25) is 0 Å². The van der Waals surface area contributed by atoms with Crippen molar-refractivity contribution >= 4 is 5.97 Å². The molecule has 0 atom stereocenters. The summed E-state index contributed by atoms with van der Waals surface area (Å²) in [6, 6.07) is 0. The molecule has 156 valence electrons. The summed E-state index contributed by atoms with van der Waals surface area (Å²) in [5.74, 6) is 2.67. The summed E-state index contributed by atoms with van der Waals surface area (Å²) >= 11 is 0. The fourth-order valence-electron chi connectivity index (χ4n) is 4.75. The molecule has 0 aromatic heterocycles. The van der Waals surface area contributed by atoms with E-state index in [0.29, 0.717) is 18.4 Å². The van der Waals surface area contributed by atoms with E-state index in [1.54, 1.807) is 0 Å². The van der Waals surface area contributed by atoms with Crippen LogP contribution in [0.15, 0.2) is 0 Å². The van der Waals surface area contributed by atoms with Crippen LogP contribution in [-0.2, 0) is 9.53 Å². The molecule has 0 saturated heterocycles. The van der Waals surface area contributed by atoms with E-state index in [0.717, 1.165) is 37.5 Å². The molecule has 3 heteroatoms. The first-order valence-electron chi connectivity index (χ1n) is 10.8. The number of carbonyl (C=O) groups is 1. The summed E-state index contributed by atoms with van der Waals surface area (Å²) in [7, 11) is 1.50. The van der Waals surface area contributed by atoms with Crippen LogP contribution in [0.5, 0.6) is 0 Å². The summed E-state index contributed by atoms with van der Waals surface area (Å²) in [4.78, 5) is 11.8. The van der Waals surface area contributed by atoms with E-state index in [-0.39, 0.29) is 18.2 Å². The third kappa shape index (κ3) is 5.47. The minimum absolute atomic E-state index is 0. The van der Waals surface area contributed by atoms with E-state index in [1.165, 1.54) is 32.8 Å². The highest BCUT2D eigenvalue weighted by atomic mass is 16.5. The lowest BCUT2D eigenvalue weighted by molar-refractivity contribution is -0.159. The summed E-state index contributed by atoms with van der Waals surface area (Å²) in [6.45, 7) is 13.7. The average molecular weight is 371 g/mol. The molecular formula is C23H46O3. The molecule has 0 bridgehead atoms. The Morgan fingerprint density at radius 2 is 1.38 bits per heavy atom. The molecule has 26 heavy (non-hydrogen) atoms. The molecule has 2 aliphatic rings. The van der Waals surface area contributed by atoms with Gasteiger partial charge in [0.2, 0.25) is 0 Å². The Kier molecular flexibility index (Phi) is 9.12. The summed E-state index contributed by atoms with van der Waals surface area (Å²) in [5, 5.41) is 9.40. The third-order valence-corrected chi connectivity index (χ3v) is 7.67. The van der Waals surface area contributed by atoms with Gasteiger partial charge in [-0.1, -0.05) is 54.4 Å². The molecule has 0 aliphatic heterocycles. The molecule has 0 aromatic carbocycles. The van der Waals surface area contributed by atoms with Crippen molar-refractivity contribution in [1.29, 1.82) is 0 Å². The van der Waals surface area contributed by atoms with Crippen molar-refractivity contribution in [3.8, 4) is 0 Å². The minimum Gasteiger partial charge on any atom is -0.469 e. The van der Waals surface area contributed by atoms with Gasteiger partial charge in [-0.25, -0.2) is 0 Å². The molecule has 1 N–H and O–H groups in total. The zero-order valence-electron chi connectivity index (χ0n) is 18.4. The Hall–Kier alpha value is -0.570. The van der Waals surface area contributed by atoms with Gasteiger partial charge in [0.1, 0.15) is 0 Å². The van der Waals surface area contributed by atoms with Crippen LogP contribution in [0.25, 0.3) is 0 Å². The van der Waals surface area contributed by atoms with Gasteiger partial charge in [0.15, 0.2) is 0 Å². The maximum absolute atomic E-state index is 11.8. The van der Waals surface area contributed by atoms with Gasteiger partial charge in [-0.05, 0) is 67.6 Å². The Balaban J connectivity index is 0.000000488. The van der Waals surface area contributed by atoms with E-state index in [2.05, 4.69) is 41.5 Å². The van der Waals surface area contributed by atoms with Crippen molar-refractivity contribution in [2.24, 2.45) is 34.5 Å². The summed E-state index contributed by atoms with van der Waals surface area (Å²) in [6.07, 6.45) is 9.37. The predicted octanol–water partition coefficient (Wildman–Crippen LogP) is 6.09. The van der Waals surface area contributed by atoms with Gasteiger partial charge in [-0.15, -0.1) is 0 Å². The van der Waals surface area contributed by atoms with Crippen molar-refractivity contribution in [2.45, 2.75) is 92.9 Å². The number of esters is 1. The van der Waals surface area contributed by atoms with Gasteiger partial charge in [-0.2, -0.15) is 0 Å². The maximum Gasteiger partial charge on any atom is 0.312 e. The quantitative estimate of drug-likeness (QED) is 0.609. The van der Waals surface area contributed by atoms with Crippen LogP contribution in [0.4, 0.5) is 0 Å². The second-order valence-electron chi connectivity index (χ2n) is 9.84. The summed E-state index contributed by atoms with van der Waals surface area (Å²) < 4.78 is 4.95. The average Bonchev–Trinajstić information content (AvgIpc) is 2.63. The number of carbonyl (C=O) groups excluding carboxylic acids is 1. The topological polar surface area (TPSA) is 46.5 Å². The molecule has 0 heterocycles. The largest absolute Gasteiger partial charge is 0.469 e. The second-order valence-corrected chi connectivity index (χ2v) is 9.84. The van der Waals surface area contributed by atoms with Crippen molar-refractivity contribution in [3.63, 3.8) is 0 Å². The van der Waals surface area contributed by atoms with Crippen LogP contribution in [0.3, 0.4) is 0 Å². The fraction of sp³-hybridized carbons (Fsp3) is 0.957. The number of hydrogen-bond donors (Lipinski definition) is 1. The first-order valence-corrected chi connectivity index (χ1v) is 10.8.